The minimum Gasteiger partial charge on any atom is -0.355 e. The number of carbonyl (C=O) groups is 1. The monoisotopic (exact) mass is 247 g/mol. The lowest BCUT2D eigenvalue weighted by Gasteiger charge is -2.05. The van der Waals surface area contributed by atoms with Crippen molar-refractivity contribution >= 4 is 22.5 Å². The molecule has 6 nitrogen and oxygen atoms in total. The summed E-state index contributed by atoms with van der Waals surface area (Å²) in [6, 6.07) is 6.50. The minimum absolute atomic E-state index is 0.0575. The zero-order chi connectivity index (χ0) is 13.1. The van der Waals surface area contributed by atoms with Crippen molar-refractivity contribution in [1.82, 2.24) is 9.88 Å². The number of likely N-dealkylation sites (N-methyl/N-ethyl adjacent to an activating group) is 1. The van der Waals surface area contributed by atoms with Crippen LogP contribution in [-0.4, -0.2) is 21.9 Å². The van der Waals surface area contributed by atoms with Crippen molar-refractivity contribution in [2.24, 2.45) is 0 Å². The number of nitrogens with zero attached hydrogens (tertiary/aromatic N) is 2. The standard InChI is InChI=1S/C12H13N3O3/c1-2-13-12(16)8-14-7-6-9-10(14)4-3-5-11(9)15(17)18/h3-7H,2,8H2,1H3,(H,13,16). The molecule has 0 spiro atoms. The number of nitro benzene ring substituents is 1. The lowest BCUT2D eigenvalue weighted by atomic mass is 10.2. The third-order valence-electron chi connectivity index (χ3n) is 2.68. The maximum absolute atomic E-state index is 11.5. The van der Waals surface area contributed by atoms with Gasteiger partial charge in [0.15, 0.2) is 0 Å². The molecule has 0 aliphatic rings. The van der Waals surface area contributed by atoms with Crippen LogP contribution in [0.1, 0.15) is 6.92 Å². The molecular formula is C12H13N3O3. The molecule has 0 bridgehead atoms. The van der Waals surface area contributed by atoms with Gasteiger partial charge >= 0.3 is 0 Å². The summed E-state index contributed by atoms with van der Waals surface area (Å²) in [7, 11) is 0. The molecule has 1 aromatic heterocycles. The highest BCUT2D eigenvalue weighted by Gasteiger charge is 2.14. The van der Waals surface area contributed by atoms with Gasteiger partial charge < -0.3 is 9.88 Å². The van der Waals surface area contributed by atoms with Gasteiger partial charge in [-0.05, 0) is 19.1 Å². The molecule has 2 aromatic rings. The Morgan fingerprint density at radius 3 is 2.89 bits per heavy atom. The van der Waals surface area contributed by atoms with Gasteiger partial charge in [0.05, 0.1) is 15.8 Å². The van der Waals surface area contributed by atoms with E-state index in [0.717, 1.165) is 0 Å². The summed E-state index contributed by atoms with van der Waals surface area (Å²) in [4.78, 5) is 22.0. The zero-order valence-corrected chi connectivity index (χ0v) is 9.92. The van der Waals surface area contributed by atoms with Crippen LogP contribution in [0.4, 0.5) is 5.69 Å². The van der Waals surface area contributed by atoms with Gasteiger partial charge in [-0.2, -0.15) is 0 Å². The van der Waals surface area contributed by atoms with Crippen LogP contribution in [0.15, 0.2) is 30.5 Å². The summed E-state index contributed by atoms with van der Waals surface area (Å²) in [5.41, 5.74) is 0.748. The van der Waals surface area contributed by atoms with Crippen molar-refractivity contribution in [3.8, 4) is 0 Å². The molecular weight excluding hydrogens is 234 g/mol. The quantitative estimate of drug-likeness (QED) is 0.659. The zero-order valence-electron chi connectivity index (χ0n) is 9.92. The second-order valence-corrected chi connectivity index (χ2v) is 3.86. The summed E-state index contributed by atoms with van der Waals surface area (Å²) in [5, 5.41) is 14.1. The van der Waals surface area contributed by atoms with Crippen LogP contribution in [0, 0.1) is 10.1 Å². The smallest absolute Gasteiger partial charge is 0.278 e. The Morgan fingerprint density at radius 1 is 1.44 bits per heavy atom. The second-order valence-electron chi connectivity index (χ2n) is 3.86. The molecule has 94 valence electrons. The van der Waals surface area contributed by atoms with E-state index in [9.17, 15) is 14.9 Å². The molecule has 0 aliphatic heterocycles. The Morgan fingerprint density at radius 2 is 2.22 bits per heavy atom. The Bertz CT molecular complexity index is 604. The van der Waals surface area contributed by atoms with E-state index < -0.39 is 4.92 Å². The lowest BCUT2D eigenvalue weighted by Crippen LogP contribution is -2.26. The van der Waals surface area contributed by atoms with Gasteiger partial charge in [0.25, 0.3) is 5.69 Å². The van der Waals surface area contributed by atoms with Gasteiger partial charge in [0.1, 0.15) is 6.54 Å². The third kappa shape index (κ3) is 2.17. The largest absolute Gasteiger partial charge is 0.355 e. The molecule has 0 saturated carbocycles. The first-order valence-electron chi connectivity index (χ1n) is 5.62. The average Bonchev–Trinajstić information content (AvgIpc) is 2.72. The van der Waals surface area contributed by atoms with Gasteiger partial charge in [-0.1, -0.05) is 6.07 Å². The number of rotatable bonds is 4. The maximum Gasteiger partial charge on any atom is 0.278 e. The van der Waals surface area contributed by atoms with Crippen LogP contribution in [0.25, 0.3) is 10.9 Å². The predicted octanol–water partition coefficient (Wildman–Crippen LogP) is 1.69. The van der Waals surface area contributed by atoms with E-state index in [2.05, 4.69) is 5.32 Å². The van der Waals surface area contributed by atoms with Gasteiger partial charge in [-0.15, -0.1) is 0 Å². The van der Waals surface area contributed by atoms with Crippen molar-refractivity contribution in [1.29, 1.82) is 0 Å². The molecule has 0 atom stereocenters. The molecule has 1 amide bonds. The van der Waals surface area contributed by atoms with Crippen molar-refractivity contribution < 1.29 is 9.72 Å². The fourth-order valence-corrected chi connectivity index (χ4v) is 1.91. The Hall–Kier alpha value is -2.37. The molecule has 0 fully saturated rings. The number of benzene rings is 1. The highest BCUT2D eigenvalue weighted by Crippen LogP contribution is 2.26. The number of non-ortho nitro benzene ring substituents is 1. The Kier molecular flexibility index (Phi) is 3.27. The van der Waals surface area contributed by atoms with Crippen LogP contribution in [0.5, 0.6) is 0 Å². The molecule has 0 saturated heterocycles. The molecule has 0 unspecified atom stereocenters. The van der Waals surface area contributed by atoms with Crippen LogP contribution in [-0.2, 0) is 11.3 Å². The topological polar surface area (TPSA) is 77.2 Å². The number of amides is 1. The van der Waals surface area contributed by atoms with E-state index in [1.807, 2.05) is 6.92 Å². The SMILES string of the molecule is CCNC(=O)Cn1ccc2c([N+](=O)[O-])cccc21. The molecule has 6 heteroatoms. The molecule has 18 heavy (non-hydrogen) atoms. The minimum atomic E-state index is -0.418. The molecule has 1 heterocycles. The number of nitro groups is 1. The first kappa shape index (κ1) is 12.1. The van der Waals surface area contributed by atoms with Crippen molar-refractivity contribution in [3.63, 3.8) is 0 Å². The van der Waals surface area contributed by atoms with Crippen molar-refractivity contribution in [2.75, 3.05) is 6.54 Å². The summed E-state index contributed by atoms with van der Waals surface area (Å²) in [6.07, 6.45) is 1.69. The number of carbonyl (C=O) groups excluding carboxylic acids is 1. The predicted molar refractivity (Wildman–Crippen MR) is 67.3 cm³/mol. The number of hydrogen-bond donors (Lipinski definition) is 1. The van der Waals surface area contributed by atoms with Crippen LogP contribution >= 0.6 is 0 Å². The molecule has 1 N–H and O–H groups in total. The van der Waals surface area contributed by atoms with Gasteiger partial charge in [-0.3, -0.25) is 14.9 Å². The fourth-order valence-electron chi connectivity index (χ4n) is 1.91. The van der Waals surface area contributed by atoms with Gasteiger partial charge in [-0.25, -0.2) is 0 Å². The maximum atomic E-state index is 11.5. The summed E-state index contributed by atoms with van der Waals surface area (Å²) in [6.45, 7) is 2.58. The molecule has 0 radical (unpaired) electrons. The van der Waals surface area contributed by atoms with Crippen LogP contribution < -0.4 is 5.32 Å². The Labute approximate surface area is 103 Å². The summed E-state index contributed by atoms with van der Waals surface area (Å²) in [5.74, 6) is -0.110. The first-order chi connectivity index (χ1) is 8.63. The molecule has 2 rings (SSSR count). The van der Waals surface area contributed by atoms with E-state index in [4.69, 9.17) is 0 Å². The van der Waals surface area contributed by atoms with Gasteiger partial charge in [0.2, 0.25) is 5.91 Å². The molecule has 1 aromatic carbocycles. The van der Waals surface area contributed by atoms with E-state index in [1.54, 1.807) is 29.0 Å². The highest BCUT2D eigenvalue weighted by atomic mass is 16.6. The second kappa shape index (κ2) is 4.87. The number of nitrogens with one attached hydrogen (secondary N) is 1. The number of hydrogen-bond acceptors (Lipinski definition) is 3. The fraction of sp³-hybridized carbons (Fsp3) is 0.250. The molecule has 0 aliphatic carbocycles. The van der Waals surface area contributed by atoms with E-state index in [-0.39, 0.29) is 18.1 Å². The van der Waals surface area contributed by atoms with Crippen molar-refractivity contribution in [3.05, 3.63) is 40.6 Å². The van der Waals surface area contributed by atoms with E-state index in [1.165, 1.54) is 6.07 Å². The lowest BCUT2D eigenvalue weighted by molar-refractivity contribution is -0.383. The van der Waals surface area contributed by atoms with Crippen LogP contribution in [0.2, 0.25) is 0 Å². The Balaban J connectivity index is 2.40. The average molecular weight is 247 g/mol. The number of fused-ring (bicyclic) bond motifs is 1. The van der Waals surface area contributed by atoms with E-state index >= 15 is 0 Å². The summed E-state index contributed by atoms with van der Waals surface area (Å²) >= 11 is 0. The van der Waals surface area contributed by atoms with Crippen molar-refractivity contribution in [2.45, 2.75) is 13.5 Å². The van der Waals surface area contributed by atoms with E-state index in [0.29, 0.717) is 17.4 Å². The number of aromatic nitrogens is 1. The van der Waals surface area contributed by atoms with Gasteiger partial charge in [0, 0.05) is 18.8 Å². The third-order valence-corrected chi connectivity index (χ3v) is 2.68. The summed E-state index contributed by atoms with van der Waals surface area (Å²) < 4.78 is 1.70. The van der Waals surface area contributed by atoms with Crippen LogP contribution in [0.3, 0.4) is 0 Å². The highest BCUT2D eigenvalue weighted by molar-refractivity contribution is 5.90. The normalized spacial score (nSPS) is 10.5. The first-order valence-corrected chi connectivity index (χ1v) is 5.62.